The Hall–Kier alpha value is -0.970. The summed E-state index contributed by atoms with van der Waals surface area (Å²) < 4.78 is 0. The van der Waals surface area contributed by atoms with Gasteiger partial charge in [0.2, 0.25) is 5.91 Å². The normalized spacial score (nSPS) is 15.1. The first-order valence-electron chi connectivity index (χ1n) is 6.99. The van der Waals surface area contributed by atoms with E-state index in [0.717, 1.165) is 18.8 Å². The summed E-state index contributed by atoms with van der Waals surface area (Å²) in [5.41, 5.74) is 7.84. The Balaban J connectivity index is 0.00000200. The highest BCUT2D eigenvalue weighted by Gasteiger charge is 2.18. The van der Waals surface area contributed by atoms with E-state index in [1.807, 2.05) is 32.0 Å². The summed E-state index contributed by atoms with van der Waals surface area (Å²) in [6, 6.07) is 7.53. The number of halogens is 2. The van der Waals surface area contributed by atoms with E-state index in [1.54, 1.807) is 0 Å². The molecule has 1 aliphatic heterocycles. The van der Waals surface area contributed by atoms with Crippen LogP contribution >= 0.6 is 24.8 Å². The number of hydrogen-bond acceptors (Lipinski definition) is 3. The van der Waals surface area contributed by atoms with E-state index in [9.17, 15) is 4.79 Å². The van der Waals surface area contributed by atoms with Gasteiger partial charge in [-0.2, -0.15) is 0 Å². The molecule has 0 bridgehead atoms. The highest BCUT2D eigenvalue weighted by molar-refractivity contribution is 5.95. The average molecular weight is 334 g/mol. The fourth-order valence-corrected chi connectivity index (χ4v) is 2.28. The van der Waals surface area contributed by atoms with Crippen LogP contribution < -0.4 is 16.0 Å². The lowest BCUT2D eigenvalue weighted by molar-refractivity contribution is -0.118. The molecule has 120 valence electrons. The second-order valence-electron chi connectivity index (χ2n) is 5.50. The van der Waals surface area contributed by atoms with Crippen molar-refractivity contribution in [3.63, 3.8) is 0 Å². The summed E-state index contributed by atoms with van der Waals surface area (Å²) in [6.07, 6.45) is 2.49. The third-order valence-corrected chi connectivity index (χ3v) is 3.61. The van der Waals surface area contributed by atoms with E-state index in [-0.39, 0.29) is 36.6 Å². The van der Waals surface area contributed by atoms with Gasteiger partial charge in [-0.15, -0.1) is 24.8 Å². The molecule has 1 aromatic carbocycles. The van der Waals surface area contributed by atoms with E-state index in [4.69, 9.17) is 5.73 Å². The molecular weight excluding hydrogens is 309 g/mol. The molecule has 4 nitrogen and oxygen atoms in total. The number of anilines is 2. The summed E-state index contributed by atoms with van der Waals surface area (Å²) in [4.78, 5) is 14.3. The Morgan fingerprint density at radius 1 is 1.24 bits per heavy atom. The Labute approximate surface area is 139 Å². The lowest BCUT2D eigenvalue weighted by atomic mass is 10.0. The summed E-state index contributed by atoms with van der Waals surface area (Å²) in [5.74, 6) is 0.0235. The molecule has 1 unspecified atom stereocenters. The molecule has 0 radical (unpaired) electrons. The molecule has 21 heavy (non-hydrogen) atoms. The number of benzene rings is 1. The highest BCUT2D eigenvalue weighted by atomic mass is 35.5. The smallest absolute Gasteiger partial charge is 0.241 e. The predicted octanol–water partition coefficient (Wildman–Crippen LogP) is 3.05. The van der Waals surface area contributed by atoms with Crippen LogP contribution in [0.1, 0.15) is 26.7 Å². The van der Waals surface area contributed by atoms with Gasteiger partial charge in [-0.3, -0.25) is 4.79 Å². The molecule has 0 aromatic heterocycles. The van der Waals surface area contributed by atoms with Gasteiger partial charge in [0, 0.05) is 24.5 Å². The standard InChI is InChI=1S/C15H23N3O.2ClH/c1-11(2)14(16)15(19)17-12-6-5-7-13(10-12)18-8-3-4-9-18;;/h5-7,10-11,14H,3-4,8-9,16H2,1-2H3,(H,17,19);2*1H. The number of nitrogens with one attached hydrogen (secondary N) is 1. The largest absolute Gasteiger partial charge is 0.371 e. The van der Waals surface area contributed by atoms with E-state index < -0.39 is 6.04 Å². The van der Waals surface area contributed by atoms with Crippen molar-refractivity contribution >= 4 is 42.1 Å². The van der Waals surface area contributed by atoms with E-state index in [0.29, 0.717) is 0 Å². The van der Waals surface area contributed by atoms with Crippen LogP contribution in [0.3, 0.4) is 0 Å². The second kappa shape index (κ2) is 9.13. The lowest BCUT2D eigenvalue weighted by Crippen LogP contribution is -2.39. The summed E-state index contributed by atoms with van der Waals surface area (Å²) in [6.45, 7) is 6.10. The van der Waals surface area contributed by atoms with Gasteiger partial charge < -0.3 is 16.0 Å². The number of nitrogens with two attached hydrogens (primary N) is 1. The maximum absolute atomic E-state index is 11.9. The molecule has 1 fully saturated rings. The molecule has 1 atom stereocenters. The lowest BCUT2D eigenvalue weighted by Gasteiger charge is -2.19. The summed E-state index contributed by atoms with van der Waals surface area (Å²) in [7, 11) is 0. The minimum absolute atomic E-state index is 0. The molecule has 1 heterocycles. The van der Waals surface area contributed by atoms with Crippen LogP contribution in [0.5, 0.6) is 0 Å². The molecule has 1 saturated heterocycles. The van der Waals surface area contributed by atoms with Crippen LogP contribution in [0.25, 0.3) is 0 Å². The van der Waals surface area contributed by atoms with Gasteiger partial charge in [-0.25, -0.2) is 0 Å². The van der Waals surface area contributed by atoms with Gasteiger partial charge in [0.25, 0.3) is 0 Å². The zero-order chi connectivity index (χ0) is 13.8. The van der Waals surface area contributed by atoms with E-state index >= 15 is 0 Å². The van der Waals surface area contributed by atoms with Crippen molar-refractivity contribution in [1.82, 2.24) is 0 Å². The molecule has 1 aliphatic rings. The van der Waals surface area contributed by atoms with Crippen molar-refractivity contribution in [2.75, 3.05) is 23.3 Å². The van der Waals surface area contributed by atoms with Crippen molar-refractivity contribution in [2.45, 2.75) is 32.7 Å². The molecule has 3 N–H and O–H groups in total. The van der Waals surface area contributed by atoms with Crippen LogP contribution in [-0.2, 0) is 4.79 Å². The Morgan fingerprint density at radius 3 is 2.43 bits per heavy atom. The SMILES string of the molecule is CC(C)C(N)C(=O)Nc1cccc(N2CCCC2)c1.Cl.Cl. The van der Waals surface area contributed by atoms with E-state index in [1.165, 1.54) is 18.5 Å². The van der Waals surface area contributed by atoms with Crippen molar-refractivity contribution in [3.05, 3.63) is 24.3 Å². The molecule has 0 aliphatic carbocycles. The van der Waals surface area contributed by atoms with E-state index in [2.05, 4.69) is 16.3 Å². The molecule has 0 spiro atoms. The first-order chi connectivity index (χ1) is 9.08. The Morgan fingerprint density at radius 2 is 1.86 bits per heavy atom. The van der Waals surface area contributed by atoms with Crippen LogP contribution in [0.2, 0.25) is 0 Å². The third kappa shape index (κ3) is 5.38. The number of carbonyl (C=O) groups is 1. The van der Waals surface area contributed by atoms with Gasteiger partial charge >= 0.3 is 0 Å². The van der Waals surface area contributed by atoms with Gasteiger partial charge in [0.05, 0.1) is 6.04 Å². The zero-order valence-electron chi connectivity index (χ0n) is 12.5. The van der Waals surface area contributed by atoms with Gasteiger partial charge in [-0.1, -0.05) is 19.9 Å². The molecular formula is C15H25Cl2N3O. The number of rotatable bonds is 4. The number of amides is 1. The molecule has 1 aromatic rings. The molecule has 6 heteroatoms. The van der Waals surface area contributed by atoms with Crippen molar-refractivity contribution in [2.24, 2.45) is 11.7 Å². The minimum Gasteiger partial charge on any atom is -0.371 e. The zero-order valence-corrected chi connectivity index (χ0v) is 14.2. The van der Waals surface area contributed by atoms with Crippen molar-refractivity contribution in [3.8, 4) is 0 Å². The fourth-order valence-electron chi connectivity index (χ4n) is 2.28. The second-order valence-corrected chi connectivity index (χ2v) is 5.50. The summed E-state index contributed by atoms with van der Waals surface area (Å²) in [5, 5.41) is 2.90. The quantitative estimate of drug-likeness (QED) is 0.890. The first kappa shape index (κ1) is 20.0. The summed E-state index contributed by atoms with van der Waals surface area (Å²) >= 11 is 0. The van der Waals surface area contributed by atoms with Crippen molar-refractivity contribution in [1.29, 1.82) is 0 Å². The van der Waals surface area contributed by atoms with Crippen LogP contribution in [0.4, 0.5) is 11.4 Å². The Bertz CT molecular complexity index is 448. The van der Waals surface area contributed by atoms with Crippen LogP contribution in [-0.4, -0.2) is 25.0 Å². The number of hydrogen-bond donors (Lipinski definition) is 2. The third-order valence-electron chi connectivity index (χ3n) is 3.61. The highest BCUT2D eigenvalue weighted by Crippen LogP contribution is 2.23. The van der Waals surface area contributed by atoms with Crippen LogP contribution in [0.15, 0.2) is 24.3 Å². The van der Waals surface area contributed by atoms with Gasteiger partial charge in [0.15, 0.2) is 0 Å². The minimum atomic E-state index is -0.463. The van der Waals surface area contributed by atoms with Gasteiger partial charge in [0.1, 0.15) is 0 Å². The topological polar surface area (TPSA) is 58.4 Å². The maximum atomic E-state index is 11.9. The maximum Gasteiger partial charge on any atom is 0.241 e. The molecule has 1 amide bonds. The monoisotopic (exact) mass is 333 g/mol. The fraction of sp³-hybridized carbons (Fsp3) is 0.533. The first-order valence-corrected chi connectivity index (χ1v) is 6.99. The number of carbonyl (C=O) groups excluding carboxylic acids is 1. The predicted molar refractivity (Wildman–Crippen MR) is 93.8 cm³/mol. The van der Waals surface area contributed by atoms with Crippen LogP contribution in [0, 0.1) is 5.92 Å². The average Bonchev–Trinajstić information content (AvgIpc) is 2.91. The Kier molecular flexibility index (Phi) is 8.71. The molecule has 0 saturated carbocycles. The molecule has 2 rings (SSSR count). The van der Waals surface area contributed by atoms with Gasteiger partial charge in [-0.05, 0) is 37.0 Å². The van der Waals surface area contributed by atoms with Crippen molar-refractivity contribution < 1.29 is 4.79 Å². The number of nitrogens with zero attached hydrogens (tertiary/aromatic N) is 1.